The van der Waals surface area contributed by atoms with Crippen LogP contribution in [0.5, 0.6) is 0 Å². The third-order valence-corrected chi connectivity index (χ3v) is 2.78. The summed E-state index contributed by atoms with van der Waals surface area (Å²) in [6, 6.07) is 0. The number of hydrogen-bond acceptors (Lipinski definition) is 6. The highest BCUT2D eigenvalue weighted by Gasteiger charge is 2.14. The van der Waals surface area contributed by atoms with Crippen LogP contribution in [-0.2, 0) is 0 Å². The Kier molecular flexibility index (Phi) is 2.45. The predicted octanol–water partition coefficient (Wildman–Crippen LogP) is -0.877. The van der Waals surface area contributed by atoms with E-state index in [1.807, 2.05) is 0 Å². The van der Waals surface area contributed by atoms with Crippen molar-refractivity contribution >= 4 is 17.0 Å². The van der Waals surface area contributed by atoms with E-state index in [-0.39, 0.29) is 5.56 Å². The Labute approximate surface area is 96.9 Å². The fourth-order valence-electron chi connectivity index (χ4n) is 1.87. The molecular weight excluding hydrogens is 220 g/mol. The van der Waals surface area contributed by atoms with Gasteiger partial charge >= 0.3 is 0 Å². The summed E-state index contributed by atoms with van der Waals surface area (Å²) in [5.74, 6) is 0.636. The quantitative estimate of drug-likeness (QED) is 0.664. The zero-order valence-corrected chi connectivity index (χ0v) is 9.18. The minimum absolute atomic E-state index is 0.207. The molecule has 0 saturated carbocycles. The van der Waals surface area contributed by atoms with Crippen molar-refractivity contribution in [3.8, 4) is 0 Å². The van der Waals surface area contributed by atoms with E-state index in [9.17, 15) is 4.79 Å². The zero-order valence-electron chi connectivity index (χ0n) is 9.18. The number of nitrogens with one attached hydrogen (secondary N) is 2. The molecule has 2 aromatic rings. The lowest BCUT2D eigenvalue weighted by Gasteiger charge is -2.27. The van der Waals surface area contributed by atoms with Gasteiger partial charge in [0, 0.05) is 32.4 Å². The molecule has 17 heavy (non-hydrogen) atoms. The highest BCUT2D eigenvalue weighted by atomic mass is 16.1. The van der Waals surface area contributed by atoms with Crippen molar-refractivity contribution in [3.05, 3.63) is 22.9 Å². The van der Waals surface area contributed by atoms with Crippen LogP contribution >= 0.6 is 0 Å². The molecule has 0 spiro atoms. The lowest BCUT2D eigenvalue weighted by Crippen LogP contribution is -2.44. The van der Waals surface area contributed by atoms with Gasteiger partial charge < -0.3 is 15.2 Å². The molecule has 0 aliphatic carbocycles. The Hall–Kier alpha value is -2.02. The first-order valence-corrected chi connectivity index (χ1v) is 5.51. The molecule has 2 aromatic heterocycles. The maximum Gasteiger partial charge on any atom is 0.261 e. The van der Waals surface area contributed by atoms with Gasteiger partial charge in [-0.3, -0.25) is 4.79 Å². The second kappa shape index (κ2) is 4.10. The molecule has 3 rings (SSSR count). The van der Waals surface area contributed by atoms with Crippen LogP contribution < -0.4 is 15.8 Å². The highest BCUT2D eigenvalue weighted by molar-refractivity contribution is 5.73. The molecule has 0 atom stereocenters. The van der Waals surface area contributed by atoms with Crippen molar-refractivity contribution in [1.82, 2.24) is 25.3 Å². The molecular formula is C10H12N6O. The van der Waals surface area contributed by atoms with Gasteiger partial charge in [0.05, 0.1) is 6.33 Å². The van der Waals surface area contributed by atoms with E-state index in [1.54, 1.807) is 0 Å². The van der Waals surface area contributed by atoms with Crippen LogP contribution in [0, 0.1) is 0 Å². The molecule has 7 nitrogen and oxygen atoms in total. The standard InChI is InChI=1S/C10H12N6O/c17-9-7-5-12-10(15-8(7)13-6-14-9)16-3-1-11-2-4-16/h5-6,11H,1-4H2,(H,12,13,14,15,17). The van der Waals surface area contributed by atoms with Gasteiger partial charge in [0.25, 0.3) is 5.56 Å². The molecule has 1 saturated heterocycles. The van der Waals surface area contributed by atoms with Gasteiger partial charge in [0.1, 0.15) is 5.39 Å². The number of anilines is 1. The van der Waals surface area contributed by atoms with Gasteiger partial charge in [0.15, 0.2) is 5.65 Å². The summed E-state index contributed by atoms with van der Waals surface area (Å²) in [4.78, 5) is 28.6. The fraction of sp³-hybridized carbons (Fsp3) is 0.400. The van der Waals surface area contributed by atoms with E-state index in [2.05, 4.69) is 30.2 Å². The lowest BCUT2D eigenvalue weighted by atomic mass is 10.4. The Bertz CT molecular complexity index is 589. The number of nitrogens with zero attached hydrogens (tertiary/aromatic N) is 4. The molecule has 1 aliphatic heterocycles. The van der Waals surface area contributed by atoms with E-state index in [4.69, 9.17) is 0 Å². The summed E-state index contributed by atoms with van der Waals surface area (Å²) in [5.41, 5.74) is 0.235. The fourth-order valence-corrected chi connectivity index (χ4v) is 1.87. The van der Waals surface area contributed by atoms with Crippen LogP contribution in [0.15, 0.2) is 17.3 Å². The van der Waals surface area contributed by atoms with Crippen molar-refractivity contribution in [3.63, 3.8) is 0 Å². The number of hydrogen-bond donors (Lipinski definition) is 2. The smallest absolute Gasteiger partial charge is 0.261 e. The third kappa shape index (κ3) is 1.84. The van der Waals surface area contributed by atoms with Crippen LogP contribution in [0.3, 0.4) is 0 Å². The Balaban J connectivity index is 2.04. The maximum absolute atomic E-state index is 11.5. The number of aromatic nitrogens is 4. The molecule has 0 aromatic carbocycles. The first kappa shape index (κ1) is 10.2. The van der Waals surface area contributed by atoms with E-state index in [0.717, 1.165) is 26.2 Å². The van der Waals surface area contributed by atoms with Gasteiger partial charge in [-0.1, -0.05) is 0 Å². The zero-order chi connectivity index (χ0) is 11.7. The molecule has 88 valence electrons. The normalized spacial score (nSPS) is 16.4. The number of fused-ring (bicyclic) bond motifs is 1. The summed E-state index contributed by atoms with van der Waals surface area (Å²) in [6.07, 6.45) is 2.89. The minimum atomic E-state index is -0.207. The van der Waals surface area contributed by atoms with Gasteiger partial charge in [-0.2, -0.15) is 4.98 Å². The number of aromatic amines is 1. The monoisotopic (exact) mass is 232 g/mol. The number of rotatable bonds is 1. The lowest BCUT2D eigenvalue weighted by molar-refractivity contribution is 0.580. The third-order valence-electron chi connectivity index (χ3n) is 2.78. The van der Waals surface area contributed by atoms with E-state index >= 15 is 0 Å². The van der Waals surface area contributed by atoms with E-state index in [1.165, 1.54) is 12.5 Å². The largest absolute Gasteiger partial charge is 0.338 e. The van der Waals surface area contributed by atoms with Crippen LogP contribution in [0.25, 0.3) is 11.0 Å². The van der Waals surface area contributed by atoms with Gasteiger partial charge in [0.2, 0.25) is 5.95 Å². The first-order chi connectivity index (χ1) is 8.34. The number of piperazine rings is 1. The summed E-state index contributed by atoms with van der Waals surface area (Å²) in [5, 5.41) is 3.69. The maximum atomic E-state index is 11.5. The van der Waals surface area contributed by atoms with E-state index < -0.39 is 0 Å². The summed E-state index contributed by atoms with van der Waals surface area (Å²) in [7, 11) is 0. The van der Waals surface area contributed by atoms with Crippen LogP contribution in [0.1, 0.15) is 0 Å². The Morgan fingerprint density at radius 1 is 1.24 bits per heavy atom. The van der Waals surface area contributed by atoms with Crippen molar-refractivity contribution in [1.29, 1.82) is 0 Å². The average Bonchev–Trinajstić information content (AvgIpc) is 2.40. The van der Waals surface area contributed by atoms with Crippen molar-refractivity contribution in [2.75, 3.05) is 31.1 Å². The Morgan fingerprint density at radius 3 is 2.88 bits per heavy atom. The Morgan fingerprint density at radius 2 is 2.06 bits per heavy atom. The molecule has 0 bridgehead atoms. The van der Waals surface area contributed by atoms with Gasteiger partial charge in [-0.25, -0.2) is 9.97 Å². The van der Waals surface area contributed by atoms with Crippen LogP contribution in [0.4, 0.5) is 5.95 Å². The summed E-state index contributed by atoms with van der Waals surface area (Å²) in [6.45, 7) is 3.58. The molecule has 0 radical (unpaired) electrons. The summed E-state index contributed by atoms with van der Waals surface area (Å²) >= 11 is 0. The van der Waals surface area contributed by atoms with Crippen molar-refractivity contribution < 1.29 is 0 Å². The molecule has 1 aliphatic rings. The van der Waals surface area contributed by atoms with E-state index in [0.29, 0.717) is 17.0 Å². The second-order valence-corrected chi connectivity index (χ2v) is 3.88. The topological polar surface area (TPSA) is 86.8 Å². The molecule has 2 N–H and O–H groups in total. The molecule has 1 fully saturated rings. The van der Waals surface area contributed by atoms with Gasteiger partial charge in [-0.05, 0) is 0 Å². The minimum Gasteiger partial charge on any atom is -0.338 e. The van der Waals surface area contributed by atoms with Crippen molar-refractivity contribution in [2.24, 2.45) is 0 Å². The van der Waals surface area contributed by atoms with Crippen LogP contribution in [0.2, 0.25) is 0 Å². The highest BCUT2D eigenvalue weighted by Crippen LogP contribution is 2.10. The molecule has 3 heterocycles. The van der Waals surface area contributed by atoms with Crippen molar-refractivity contribution in [2.45, 2.75) is 0 Å². The second-order valence-electron chi connectivity index (χ2n) is 3.88. The molecule has 0 unspecified atom stereocenters. The van der Waals surface area contributed by atoms with Gasteiger partial charge in [-0.15, -0.1) is 0 Å². The average molecular weight is 232 g/mol. The molecule has 0 amide bonds. The summed E-state index contributed by atoms with van der Waals surface area (Å²) < 4.78 is 0. The number of H-pyrrole nitrogens is 1. The first-order valence-electron chi connectivity index (χ1n) is 5.51. The predicted molar refractivity (Wildman–Crippen MR) is 63.0 cm³/mol. The van der Waals surface area contributed by atoms with Crippen LogP contribution in [-0.4, -0.2) is 46.1 Å². The SMILES string of the molecule is O=c1[nH]cnc2nc(N3CCNCC3)ncc12. The molecule has 7 heteroatoms.